The second-order valence-corrected chi connectivity index (χ2v) is 10.1. The number of hydrogen-bond acceptors (Lipinski definition) is 4. The van der Waals surface area contributed by atoms with Crippen LogP contribution in [-0.2, 0) is 0 Å². The van der Waals surface area contributed by atoms with Crippen molar-refractivity contribution in [3.63, 3.8) is 0 Å². The Morgan fingerprint density at radius 3 is 1.40 bits per heavy atom. The summed E-state index contributed by atoms with van der Waals surface area (Å²) in [5, 5.41) is 0.603. The monoisotopic (exact) mass is 574 g/mol. The molecule has 0 aliphatic rings. The van der Waals surface area contributed by atoms with Crippen LogP contribution in [0.1, 0.15) is 11.1 Å². The first-order chi connectivity index (χ1) is 19.1. The Labute approximate surface area is 235 Å². The molecular formula is C30H18Cl2F2N4O2. The van der Waals surface area contributed by atoms with Gasteiger partial charge in [0.25, 0.3) is 11.1 Å². The molecule has 0 saturated carbocycles. The normalized spacial score (nSPS) is 11.4. The average molecular weight is 575 g/mol. The van der Waals surface area contributed by atoms with Gasteiger partial charge in [-0.1, -0.05) is 59.6 Å². The summed E-state index contributed by atoms with van der Waals surface area (Å²) in [5.74, 6) is -1.08. The van der Waals surface area contributed by atoms with Gasteiger partial charge in [-0.25, -0.2) is 18.7 Å². The highest BCUT2D eigenvalue weighted by Gasteiger charge is 2.18. The summed E-state index contributed by atoms with van der Waals surface area (Å²) in [4.78, 5) is 34.8. The lowest BCUT2D eigenvalue weighted by molar-refractivity contribution is 0.615. The number of rotatable bonds is 3. The molecule has 6 aromatic rings. The first kappa shape index (κ1) is 25.9. The number of halogens is 4. The highest BCUT2D eigenvalue weighted by atomic mass is 35.5. The van der Waals surface area contributed by atoms with Gasteiger partial charge in [-0.2, -0.15) is 0 Å². The van der Waals surface area contributed by atoms with Crippen LogP contribution in [0.5, 0.6) is 0 Å². The van der Waals surface area contributed by atoms with Crippen LogP contribution in [0.4, 0.5) is 8.78 Å². The van der Waals surface area contributed by atoms with Crippen LogP contribution in [0.3, 0.4) is 0 Å². The van der Waals surface area contributed by atoms with E-state index in [0.717, 1.165) is 21.2 Å². The Morgan fingerprint density at radius 2 is 1.00 bits per heavy atom. The lowest BCUT2D eigenvalue weighted by Crippen LogP contribution is -2.16. The van der Waals surface area contributed by atoms with Crippen molar-refractivity contribution in [2.75, 3.05) is 0 Å². The molecule has 0 aliphatic carbocycles. The third kappa shape index (κ3) is 4.26. The maximum Gasteiger partial charge on any atom is 0.258 e. The fourth-order valence-electron chi connectivity index (χ4n) is 4.80. The molecular weight excluding hydrogens is 557 g/mol. The van der Waals surface area contributed by atoms with Gasteiger partial charge in [0.15, 0.2) is 0 Å². The number of nitrogens with zero attached hydrogens (tertiary/aromatic N) is 4. The van der Waals surface area contributed by atoms with Crippen LogP contribution in [0, 0.1) is 25.5 Å². The van der Waals surface area contributed by atoms with Crippen molar-refractivity contribution in [3.05, 3.63) is 127 Å². The molecule has 0 amide bonds. The van der Waals surface area contributed by atoms with Crippen LogP contribution in [0.25, 0.3) is 44.9 Å². The number of pyridine rings is 2. The SMILES string of the molecule is Cc1cc(F)cn2c(=O)cc(-c3cccc(-c4cccc(-c5cc(=O)n6cc(F)cc(C)c6n5)c4Cl)c3Cl)nc12. The van der Waals surface area contributed by atoms with Gasteiger partial charge < -0.3 is 0 Å². The molecule has 0 atom stereocenters. The fourth-order valence-corrected chi connectivity index (χ4v) is 5.45. The van der Waals surface area contributed by atoms with Gasteiger partial charge in [-0.3, -0.25) is 18.4 Å². The van der Waals surface area contributed by atoms with Crippen LogP contribution < -0.4 is 11.1 Å². The molecule has 10 heteroatoms. The van der Waals surface area contributed by atoms with Crippen molar-refractivity contribution in [2.24, 2.45) is 0 Å². The van der Waals surface area contributed by atoms with Crippen LogP contribution in [-0.4, -0.2) is 18.8 Å². The van der Waals surface area contributed by atoms with Gasteiger partial charge >= 0.3 is 0 Å². The Bertz CT molecular complexity index is 1990. The molecule has 0 fully saturated rings. The molecule has 4 heterocycles. The van der Waals surface area contributed by atoms with E-state index in [1.165, 1.54) is 24.3 Å². The van der Waals surface area contributed by atoms with E-state index in [0.29, 0.717) is 66.1 Å². The van der Waals surface area contributed by atoms with Gasteiger partial charge in [0.2, 0.25) is 0 Å². The first-order valence-electron chi connectivity index (χ1n) is 12.1. The van der Waals surface area contributed by atoms with Gasteiger partial charge in [0.1, 0.15) is 22.9 Å². The zero-order valence-electron chi connectivity index (χ0n) is 21.0. The van der Waals surface area contributed by atoms with Crippen LogP contribution in [0.2, 0.25) is 10.0 Å². The number of aryl methyl sites for hydroxylation is 2. The maximum absolute atomic E-state index is 13.9. The third-order valence-corrected chi connectivity index (χ3v) is 7.48. The number of aromatic nitrogens is 4. The molecule has 0 radical (unpaired) electrons. The van der Waals surface area contributed by atoms with E-state index in [2.05, 4.69) is 9.97 Å². The molecule has 0 bridgehead atoms. The molecule has 0 unspecified atom stereocenters. The van der Waals surface area contributed by atoms with Crippen molar-refractivity contribution in [1.82, 2.24) is 18.8 Å². The van der Waals surface area contributed by atoms with Crippen molar-refractivity contribution in [1.29, 1.82) is 0 Å². The van der Waals surface area contributed by atoms with Gasteiger partial charge in [0.05, 0.1) is 21.4 Å². The standard InChI is InChI=1S/C30H18Cl2F2N4O2/c1-15-9-17(33)13-37-25(39)11-23(35-29(15)37)21-7-3-5-19(27(21)31)20-6-4-8-22(28(20)32)24-12-26(40)38-14-18(34)10-16(2)30(38)36-24/h3-14H,1-2H3. The number of hydrogen-bond donors (Lipinski definition) is 0. The van der Waals surface area contributed by atoms with E-state index >= 15 is 0 Å². The van der Waals surface area contributed by atoms with Crippen molar-refractivity contribution < 1.29 is 8.78 Å². The van der Waals surface area contributed by atoms with E-state index in [1.54, 1.807) is 50.2 Å². The maximum atomic E-state index is 13.9. The van der Waals surface area contributed by atoms with Crippen LogP contribution in [0.15, 0.2) is 82.6 Å². The first-order valence-corrected chi connectivity index (χ1v) is 12.9. The zero-order chi connectivity index (χ0) is 28.3. The summed E-state index contributed by atoms with van der Waals surface area (Å²) in [7, 11) is 0. The second kappa shape index (κ2) is 9.66. The smallest absolute Gasteiger partial charge is 0.258 e. The average Bonchev–Trinajstić information content (AvgIpc) is 2.90. The highest BCUT2D eigenvalue weighted by molar-refractivity contribution is 6.39. The summed E-state index contributed by atoms with van der Waals surface area (Å²) in [6.45, 7) is 3.34. The van der Waals surface area contributed by atoms with E-state index in [4.69, 9.17) is 23.2 Å². The van der Waals surface area contributed by atoms with Crippen molar-refractivity contribution >= 4 is 34.5 Å². The Kier molecular flexibility index (Phi) is 6.24. The molecule has 2 aromatic carbocycles. The molecule has 198 valence electrons. The minimum absolute atomic E-state index is 0.301. The Balaban J connectivity index is 1.51. The Hall–Kier alpha value is -4.40. The lowest BCUT2D eigenvalue weighted by atomic mass is 9.98. The predicted octanol–water partition coefficient (Wildman–Crippen LogP) is 6.91. The van der Waals surface area contributed by atoms with Gasteiger partial charge in [0, 0.05) is 46.8 Å². The molecule has 6 nitrogen and oxygen atoms in total. The fraction of sp³-hybridized carbons (Fsp3) is 0.0667. The van der Waals surface area contributed by atoms with Crippen LogP contribution >= 0.6 is 23.2 Å². The quantitative estimate of drug-likeness (QED) is 0.230. The van der Waals surface area contributed by atoms with Crippen molar-refractivity contribution in [3.8, 4) is 33.6 Å². The summed E-state index contributed by atoms with van der Waals surface area (Å²) in [6.07, 6.45) is 2.19. The topological polar surface area (TPSA) is 68.7 Å². The largest absolute Gasteiger partial charge is 0.269 e. The number of fused-ring (bicyclic) bond motifs is 2. The minimum atomic E-state index is -0.540. The summed E-state index contributed by atoms with van der Waals surface area (Å²) < 4.78 is 30.1. The summed E-state index contributed by atoms with van der Waals surface area (Å²) in [6, 6.07) is 15.8. The highest BCUT2D eigenvalue weighted by Crippen LogP contribution is 2.41. The zero-order valence-corrected chi connectivity index (χ0v) is 22.6. The molecule has 0 N–H and O–H groups in total. The number of benzene rings is 2. The second-order valence-electron chi connectivity index (χ2n) is 9.36. The van der Waals surface area contributed by atoms with E-state index in [-0.39, 0.29) is 0 Å². The molecule has 4 aromatic heterocycles. The summed E-state index contributed by atoms with van der Waals surface area (Å²) >= 11 is 13.8. The Morgan fingerprint density at radius 1 is 0.625 bits per heavy atom. The molecule has 0 saturated heterocycles. The minimum Gasteiger partial charge on any atom is -0.269 e. The lowest BCUT2D eigenvalue weighted by Gasteiger charge is -2.14. The van der Waals surface area contributed by atoms with E-state index < -0.39 is 22.8 Å². The predicted molar refractivity (Wildman–Crippen MR) is 152 cm³/mol. The molecule has 0 spiro atoms. The molecule has 40 heavy (non-hydrogen) atoms. The van der Waals surface area contributed by atoms with E-state index in [1.807, 2.05) is 0 Å². The molecule has 6 rings (SSSR count). The van der Waals surface area contributed by atoms with Gasteiger partial charge in [-0.15, -0.1) is 0 Å². The van der Waals surface area contributed by atoms with Gasteiger partial charge in [-0.05, 0) is 37.1 Å². The van der Waals surface area contributed by atoms with E-state index in [9.17, 15) is 18.4 Å². The molecule has 0 aliphatic heterocycles. The third-order valence-electron chi connectivity index (χ3n) is 6.66. The summed E-state index contributed by atoms with van der Waals surface area (Å²) in [5.41, 5.74) is 3.49. The van der Waals surface area contributed by atoms with Crippen molar-refractivity contribution in [2.45, 2.75) is 13.8 Å².